The average Bonchev–Trinajstić information content (AvgIpc) is 3.08. The van der Waals surface area contributed by atoms with E-state index in [0.717, 1.165) is 4.90 Å². The summed E-state index contributed by atoms with van der Waals surface area (Å²) in [5.41, 5.74) is -0.796. The maximum absolute atomic E-state index is 12.8. The van der Waals surface area contributed by atoms with Gasteiger partial charge in [0.1, 0.15) is 13.1 Å². The molecule has 1 aromatic heterocycles. The Bertz CT molecular complexity index is 1170. The topological polar surface area (TPSA) is 133 Å². The van der Waals surface area contributed by atoms with Crippen molar-refractivity contribution in [3.05, 3.63) is 45.1 Å². The first-order valence-electron chi connectivity index (χ1n) is 9.96. The molecule has 11 nitrogen and oxygen atoms in total. The zero-order valence-corrected chi connectivity index (χ0v) is 16.7. The van der Waals surface area contributed by atoms with E-state index in [2.05, 4.69) is 4.98 Å². The van der Waals surface area contributed by atoms with Crippen molar-refractivity contribution >= 4 is 34.5 Å². The Morgan fingerprint density at radius 2 is 1.35 bits per heavy atom. The number of fused-ring (bicyclic) bond motifs is 1. The number of carbonyl (C=O) groups is 4. The van der Waals surface area contributed by atoms with E-state index in [4.69, 9.17) is 0 Å². The lowest BCUT2D eigenvalue weighted by Crippen LogP contribution is -2.53. The summed E-state index contributed by atoms with van der Waals surface area (Å²) in [4.78, 5) is 79.1. The second-order valence-electron chi connectivity index (χ2n) is 7.50. The van der Waals surface area contributed by atoms with E-state index in [-0.39, 0.29) is 75.7 Å². The summed E-state index contributed by atoms with van der Waals surface area (Å²) < 4.78 is 1.22. The molecular weight excluding hydrogens is 406 g/mol. The van der Waals surface area contributed by atoms with Crippen LogP contribution in [0.2, 0.25) is 0 Å². The minimum Gasteiger partial charge on any atom is -0.338 e. The van der Waals surface area contributed by atoms with E-state index < -0.39 is 11.2 Å². The van der Waals surface area contributed by atoms with Crippen LogP contribution < -0.4 is 11.2 Å². The van der Waals surface area contributed by atoms with Gasteiger partial charge in [0.25, 0.3) is 5.56 Å². The Morgan fingerprint density at radius 1 is 0.806 bits per heavy atom. The molecule has 3 heterocycles. The van der Waals surface area contributed by atoms with E-state index in [1.807, 2.05) is 0 Å². The highest BCUT2D eigenvalue weighted by molar-refractivity contribution is 6.04. The lowest BCUT2D eigenvalue weighted by Gasteiger charge is -2.35. The molecule has 1 aromatic carbocycles. The molecule has 162 valence electrons. The zero-order chi connectivity index (χ0) is 22.1. The van der Waals surface area contributed by atoms with Crippen molar-refractivity contribution in [3.8, 4) is 0 Å². The lowest BCUT2D eigenvalue weighted by molar-refractivity contribution is -0.147. The summed E-state index contributed by atoms with van der Waals surface area (Å²) in [7, 11) is 0. The molecule has 0 aliphatic carbocycles. The van der Waals surface area contributed by atoms with Crippen molar-refractivity contribution in [1.29, 1.82) is 0 Å². The third-order valence-electron chi connectivity index (χ3n) is 5.63. The Kier molecular flexibility index (Phi) is 5.40. The van der Waals surface area contributed by atoms with Crippen molar-refractivity contribution in [2.75, 3.05) is 32.7 Å². The number of H-pyrrole nitrogens is 1. The molecule has 2 fully saturated rings. The molecule has 0 unspecified atom stereocenters. The first-order valence-corrected chi connectivity index (χ1v) is 9.96. The summed E-state index contributed by atoms with van der Waals surface area (Å²) in [5, 5.41) is 0.316. The van der Waals surface area contributed by atoms with Gasteiger partial charge in [-0.15, -0.1) is 0 Å². The Labute approximate surface area is 175 Å². The monoisotopic (exact) mass is 427 g/mol. The molecule has 2 aliphatic rings. The van der Waals surface area contributed by atoms with E-state index in [0.29, 0.717) is 10.9 Å². The Hall–Kier alpha value is -3.76. The molecule has 2 aliphatic heterocycles. The molecule has 0 atom stereocenters. The first kappa shape index (κ1) is 20.5. The van der Waals surface area contributed by atoms with Crippen LogP contribution >= 0.6 is 0 Å². The first-order chi connectivity index (χ1) is 14.8. The highest BCUT2D eigenvalue weighted by Gasteiger charge is 2.33. The van der Waals surface area contributed by atoms with Gasteiger partial charge in [-0.2, -0.15) is 0 Å². The number of benzene rings is 1. The van der Waals surface area contributed by atoms with E-state index >= 15 is 0 Å². The van der Waals surface area contributed by atoms with Crippen LogP contribution in [0.3, 0.4) is 0 Å². The van der Waals surface area contributed by atoms with Gasteiger partial charge in [-0.25, -0.2) is 4.79 Å². The SMILES string of the molecule is O=C(CN1C(=O)CCC1=O)N1CCN(C(=O)Cn2c(=O)[nH]c(=O)c3ccccc32)CC1. The minimum absolute atomic E-state index is 0.132. The van der Waals surface area contributed by atoms with Gasteiger partial charge < -0.3 is 9.80 Å². The highest BCUT2D eigenvalue weighted by Crippen LogP contribution is 2.13. The number of piperazine rings is 1. The maximum atomic E-state index is 12.8. The molecule has 4 rings (SSSR count). The number of aromatic nitrogens is 2. The molecule has 0 radical (unpaired) electrons. The van der Waals surface area contributed by atoms with Crippen molar-refractivity contribution in [3.63, 3.8) is 0 Å². The van der Waals surface area contributed by atoms with Crippen molar-refractivity contribution in [2.45, 2.75) is 19.4 Å². The number of nitrogens with one attached hydrogen (secondary N) is 1. The van der Waals surface area contributed by atoms with Crippen LogP contribution in [0.5, 0.6) is 0 Å². The van der Waals surface area contributed by atoms with Crippen LogP contribution in [-0.2, 0) is 25.7 Å². The molecule has 31 heavy (non-hydrogen) atoms. The van der Waals surface area contributed by atoms with E-state index in [1.54, 1.807) is 29.2 Å². The van der Waals surface area contributed by atoms with Gasteiger partial charge >= 0.3 is 5.69 Å². The predicted molar refractivity (Wildman–Crippen MR) is 108 cm³/mol. The van der Waals surface area contributed by atoms with Gasteiger partial charge in [0.2, 0.25) is 23.6 Å². The number of nitrogens with zero attached hydrogens (tertiary/aromatic N) is 4. The summed E-state index contributed by atoms with van der Waals surface area (Å²) in [6.07, 6.45) is 0.264. The number of amides is 4. The minimum atomic E-state index is -0.661. The molecule has 0 saturated carbocycles. The van der Waals surface area contributed by atoms with Gasteiger partial charge in [0.05, 0.1) is 10.9 Å². The van der Waals surface area contributed by atoms with Crippen LogP contribution in [0.1, 0.15) is 12.8 Å². The largest absolute Gasteiger partial charge is 0.338 e. The van der Waals surface area contributed by atoms with Crippen molar-refractivity contribution in [2.24, 2.45) is 0 Å². The predicted octanol–water partition coefficient (Wildman–Crippen LogP) is -1.49. The maximum Gasteiger partial charge on any atom is 0.329 e. The lowest BCUT2D eigenvalue weighted by atomic mass is 10.2. The van der Waals surface area contributed by atoms with Gasteiger partial charge in [0.15, 0.2) is 0 Å². The van der Waals surface area contributed by atoms with Gasteiger partial charge in [-0.1, -0.05) is 12.1 Å². The second kappa shape index (κ2) is 8.17. The average molecular weight is 427 g/mol. The van der Waals surface area contributed by atoms with Crippen LogP contribution in [0, 0.1) is 0 Å². The van der Waals surface area contributed by atoms with Crippen LogP contribution in [0.15, 0.2) is 33.9 Å². The summed E-state index contributed by atoms with van der Waals surface area (Å²) in [5.74, 6) is -1.33. The molecule has 0 bridgehead atoms. The van der Waals surface area contributed by atoms with Gasteiger partial charge in [-0.05, 0) is 12.1 Å². The quantitative estimate of drug-likeness (QED) is 0.591. The summed E-state index contributed by atoms with van der Waals surface area (Å²) in [6.45, 7) is 0.556. The fourth-order valence-corrected chi connectivity index (χ4v) is 3.87. The smallest absolute Gasteiger partial charge is 0.329 e. The summed E-state index contributed by atoms with van der Waals surface area (Å²) >= 11 is 0. The third-order valence-corrected chi connectivity index (χ3v) is 5.63. The van der Waals surface area contributed by atoms with E-state index in [1.165, 1.54) is 9.47 Å². The number of para-hydroxylation sites is 1. The fourth-order valence-electron chi connectivity index (χ4n) is 3.87. The van der Waals surface area contributed by atoms with Crippen molar-refractivity contribution in [1.82, 2.24) is 24.3 Å². The number of likely N-dealkylation sites (tertiary alicyclic amines) is 1. The fraction of sp³-hybridized carbons (Fsp3) is 0.400. The van der Waals surface area contributed by atoms with Crippen LogP contribution in [0.25, 0.3) is 10.9 Å². The molecular formula is C20H21N5O6. The third kappa shape index (κ3) is 3.98. The highest BCUT2D eigenvalue weighted by atomic mass is 16.2. The number of carbonyl (C=O) groups excluding carboxylic acids is 4. The molecule has 1 N–H and O–H groups in total. The molecule has 11 heteroatoms. The van der Waals surface area contributed by atoms with Crippen molar-refractivity contribution < 1.29 is 19.2 Å². The number of hydrogen-bond donors (Lipinski definition) is 1. The number of imide groups is 1. The molecule has 4 amide bonds. The zero-order valence-electron chi connectivity index (χ0n) is 16.7. The molecule has 0 spiro atoms. The summed E-state index contributed by atoms with van der Waals surface area (Å²) in [6, 6.07) is 6.54. The van der Waals surface area contributed by atoms with Gasteiger partial charge in [-0.3, -0.25) is 38.4 Å². The van der Waals surface area contributed by atoms with Crippen LogP contribution in [-0.4, -0.2) is 80.6 Å². The molecule has 2 aromatic rings. The Balaban J connectivity index is 1.39. The standard InChI is InChI=1S/C20H21N5O6/c26-15-5-6-16(27)25(15)12-18(29)23-9-7-22(8-10-23)17(28)11-24-14-4-2-1-3-13(14)19(30)21-20(24)31/h1-4H,5-12H2,(H,21,30,31). The Morgan fingerprint density at radius 3 is 1.97 bits per heavy atom. The number of rotatable bonds is 4. The number of hydrogen-bond acceptors (Lipinski definition) is 6. The number of aromatic amines is 1. The normalized spacial score (nSPS) is 17.0. The van der Waals surface area contributed by atoms with E-state index in [9.17, 15) is 28.8 Å². The van der Waals surface area contributed by atoms with Gasteiger partial charge in [0, 0.05) is 39.0 Å². The second-order valence-corrected chi connectivity index (χ2v) is 7.50. The van der Waals surface area contributed by atoms with Crippen LogP contribution in [0.4, 0.5) is 0 Å². The molecule has 2 saturated heterocycles.